The van der Waals surface area contributed by atoms with Crippen LogP contribution in [0.2, 0.25) is 0 Å². The number of hydrogen-bond acceptors (Lipinski definition) is 3. The number of aryl methyl sites for hydroxylation is 1. The summed E-state index contributed by atoms with van der Waals surface area (Å²) < 4.78 is 18.9. The van der Waals surface area contributed by atoms with Crippen molar-refractivity contribution in [2.45, 2.75) is 20.5 Å². The molecule has 0 radical (unpaired) electrons. The van der Waals surface area contributed by atoms with E-state index in [0.29, 0.717) is 17.0 Å². The second-order valence-corrected chi connectivity index (χ2v) is 6.86. The fourth-order valence-corrected chi connectivity index (χ4v) is 2.85. The predicted octanol–water partition coefficient (Wildman–Crippen LogP) is 5.57. The van der Waals surface area contributed by atoms with E-state index in [4.69, 9.17) is 4.74 Å². The molecule has 0 spiro atoms. The van der Waals surface area contributed by atoms with Gasteiger partial charge in [-0.15, -0.1) is 0 Å². The normalized spacial score (nSPS) is 10.9. The van der Waals surface area contributed by atoms with Crippen molar-refractivity contribution in [3.8, 4) is 11.8 Å². The Bertz CT molecular complexity index is 1130. The number of hydrogen-bond donors (Lipinski definition) is 1. The van der Waals surface area contributed by atoms with E-state index in [2.05, 4.69) is 5.32 Å². The van der Waals surface area contributed by atoms with Gasteiger partial charge in [-0.3, -0.25) is 4.79 Å². The standard InChI is InChI=1S/C25H21FN2O2/c1-17-5-3-8-24(18(17)2)28-25(29)21(15-27)13-19-9-11-23(12-10-19)30-16-20-6-4-7-22(26)14-20/h3-14H,16H2,1-2H3,(H,28,29)/b21-13+. The molecule has 0 atom stereocenters. The average Bonchev–Trinajstić information content (AvgIpc) is 2.74. The third-order valence-corrected chi connectivity index (χ3v) is 4.70. The fourth-order valence-electron chi connectivity index (χ4n) is 2.85. The minimum Gasteiger partial charge on any atom is -0.489 e. The molecule has 3 aromatic rings. The van der Waals surface area contributed by atoms with Gasteiger partial charge in [-0.05, 0) is 72.5 Å². The molecule has 0 unspecified atom stereocenters. The molecular weight excluding hydrogens is 379 g/mol. The topological polar surface area (TPSA) is 62.1 Å². The Labute approximate surface area is 175 Å². The summed E-state index contributed by atoms with van der Waals surface area (Å²) in [5.74, 6) is -0.160. The van der Waals surface area contributed by atoms with Gasteiger partial charge in [0.1, 0.15) is 29.8 Å². The summed E-state index contributed by atoms with van der Waals surface area (Å²) in [7, 11) is 0. The van der Waals surface area contributed by atoms with Crippen LogP contribution in [0.1, 0.15) is 22.3 Å². The number of nitriles is 1. The van der Waals surface area contributed by atoms with E-state index in [1.54, 1.807) is 42.5 Å². The maximum atomic E-state index is 13.2. The highest BCUT2D eigenvalue weighted by atomic mass is 19.1. The van der Waals surface area contributed by atoms with Gasteiger partial charge in [0, 0.05) is 5.69 Å². The zero-order chi connectivity index (χ0) is 21.5. The molecule has 0 saturated carbocycles. The quantitative estimate of drug-likeness (QED) is 0.435. The molecule has 150 valence electrons. The summed E-state index contributed by atoms with van der Waals surface area (Å²) in [6, 6.07) is 20.8. The van der Waals surface area contributed by atoms with Crippen LogP contribution in [0.15, 0.2) is 72.3 Å². The predicted molar refractivity (Wildman–Crippen MR) is 115 cm³/mol. The molecule has 0 bridgehead atoms. The lowest BCUT2D eigenvalue weighted by Gasteiger charge is -2.10. The summed E-state index contributed by atoms with van der Waals surface area (Å²) in [6.45, 7) is 4.13. The number of carbonyl (C=O) groups is 1. The van der Waals surface area contributed by atoms with Crippen molar-refractivity contribution in [2.24, 2.45) is 0 Å². The number of nitrogens with zero attached hydrogens (tertiary/aromatic N) is 1. The number of nitrogens with one attached hydrogen (secondary N) is 1. The third kappa shape index (κ3) is 5.33. The Hall–Kier alpha value is -3.91. The number of anilines is 1. The van der Waals surface area contributed by atoms with E-state index in [1.807, 2.05) is 32.0 Å². The van der Waals surface area contributed by atoms with E-state index in [0.717, 1.165) is 16.7 Å². The lowest BCUT2D eigenvalue weighted by atomic mass is 10.1. The average molecular weight is 400 g/mol. The molecule has 0 fully saturated rings. The highest BCUT2D eigenvalue weighted by Gasteiger charge is 2.11. The Morgan fingerprint density at radius 3 is 2.53 bits per heavy atom. The lowest BCUT2D eigenvalue weighted by molar-refractivity contribution is -0.112. The molecule has 1 amide bonds. The van der Waals surface area contributed by atoms with Crippen LogP contribution in [0.5, 0.6) is 5.75 Å². The number of carbonyl (C=O) groups excluding carboxylic acids is 1. The number of ether oxygens (including phenoxy) is 1. The molecule has 0 aromatic heterocycles. The van der Waals surface area contributed by atoms with Crippen molar-refractivity contribution in [1.82, 2.24) is 0 Å². The molecule has 0 heterocycles. The minimum absolute atomic E-state index is 0.00401. The van der Waals surface area contributed by atoms with Crippen molar-refractivity contribution < 1.29 is 13.9 Å². The van der Waals surface area contributed by atoms with Gasteiger partial charge in [0.25, 0.3) is 5.91 Å². The Morgan fingerprint density at radius 2 is 1.83 bits per heavy atom. The van der Waals surface area contributed by atoms with Crippen LogP contribution in [0.4, 0.5) is 10.1 Å². The minimum atomic E-state index is -0.461. The Balaban J connectivity index is 1.67. The monoisotopic (exact) mass is 400 g/mol. The smallest absolute Gasteiger partial charge is 0.266 e. The van der Waals surface area contributed by atoms with Crippen LogP contribution in [-0.2, 0) is 11.4 Å². The molecule has 1 N–H and O–H groups in total. The molecule has 0 aliphatic heterocycles. The van der Waals surface area contributed by atoms with Gasteiger partial charge < -0.3 is 10.1 Å². The molecule has 0 aliphatic rings. The van der Waals surface area contributed by atoms with Crippen molar-refractivity contribution in [3.05, 3.63) is 100 Å². The third-order valence-electron chi connectivity index (χ3n) is 4.70. The first-order valence-corrected chi connectivity index (χ1v) is 9.43. The molecule has 5 heteroatoms. The van der Waals surface area contributed by atoms with Gasteiger partial charge >= 0.3 is 0 Å². The van der Waals surface area contributed by atoms with Crippen molar-refractivity contribution >= 4 is 17.7 Å². The number of halogens is 1. The molecular formula is C25H21FN2O2. The molecule has 0 saturated heterocycles. The number of rotatable bonds is 6. The highest BCUT2D eigenvalue weighted by molar-refractivity contribution is 6.10. The van der Waals surface area contributed by atoms with E-state index in [1.165, 1.54) is 18.2 Å². The first-order chi connectivity index (χ1) is 14.5. The van der Waals surface area contributed by atoms with Crippen molar-refractivity contribution in [2.75, 3.05) is 5.32 Å². The summed E-state index contributed by atoms with van der Waals surface area (Å²) in [4.78, 5) is 12.5. The SMILES string of the molecule is Cc1cccc(NC(=O)/C(C#N)=C/c2ccc(OCc3cccc(F)c3)cc2)c1C. The number of benzene rings is 3. The second-order valence-electron chi connectivity index (χ2n) is 6.86. The zero-order valence-electron chi connectivity index (χ0n) is 16.8. The fraction of sp³-hybridized carbons (Fsp3) is 0.120. The largest absolute Gasteiger partial charge is 0.489 e. The van der Waals surface area contributed by atoms with E-state index < -0.39 is 5.91 Å². The van der Waals surface area contributed by atoms with Gasteiger partial charge in [0.2, 0.25) is 0 Å². The van der Waals surface area contributed by atoms with Crippen LogP contribution in [0.25, 0.3) is 6.08 Å². The van der Waals surface area contributed by atoms with Crippen LogP contribution in [-0.4, -0.2) is 5.91 Å². The van der Waals surface area contributed by atoms with Gasteiger partial charge in [0.05, 0.1) is 0 Å². The molecule has 4 nitrogen and oxygen atoms in total. The van der Waals surface area contributed by atoms with Crippen LogP contribution in [0, 0.1) is 31.0 Å². The van der Waals surface area contributed by atoms with E-state index in [-0.39, 0.29) is 18.0 Å². The molecule has 3 rings (SSSR count). The molecule has 30 heavy (non-hydrogen) atoms. The zero-order valence-corrected chi connectivity index (χ0v) is 16.8. The first kappa shape index (κ1) is 20.8. The van der Waals surface area contributed by atoms with Gasteiger partial charge in [-0.1, -0.05) is 36.4 Å². The molecule has 0 aliphatic carbocycles. The second kappa shape index (κ2) is 9.53. The van der Waals surface area contributed by atoms with Gasteiger partial charge in [0.15, 0.2) is 0 Å². The highest BCUT2D eigenvalue weighted by Crippen LogP contribution is 2.20. The van der Waals surface area contributed by atoms with Crippen LogP contribution in [0.3, 0.4) is 0 Å². The van der Waals surface area contributed by atoms with Gasteiger partial charge in [-0.25, -0.2) is 4.39 Å². The Kier molecular flexibility index (Phi) is 6.61. The van der Waals surface area contributed by atoms with Crippen molar-refractivity contribution in [3.63, 3.8) is 0 Å². The summed E-state index contributed by atoms with van der Waals surface area (Å²) in [5, 5.41) is 12.2. The maximum absolute atomic E-state index is 13.2. The van der Waals surface area contributed by atoms with Crippen LogP contribution < -0.4 is 10.1 Å². The number of amides is 1. The Morgan fingerprint density at radius 1 is 1.10 bits per heavy atom. The summed E-state index contributed by atoms with van der Waals surface area (Å²) in [5.41, 5.74) is 4.13. The first-order valence-electron chi connectivity index (χ1n) is 9.43. The maximum Gasteiger partial charge on any atom is 0.266 e. The summed E-state index contributed by atoms with van der Waals surface area (Å²) in [6.07, 6.45) is 1.52. The van der Waals surface area contributed by atoms with Crippen molar-refractivity contribution in [1.29, 1.82) is 5.26 Å². The molecule has 3 aromatic carbocycles. The summed E-state index contributed by atoms with van der Waals surface area (Å²) >= 11 is 0. The van der Waals surface area contributed by atoms with E-state index in [9.17, 15) is 14.4 Å². The van der Waals surface area contributed by atoms with Gasteiger partial charge in [-0.2, -0.15) is 5.26 Å². The lowest BCUT2D eigenvalue weighted by Crippen LogP contribution is -2.14. The van der Waals surface area contributed by atoms with E-state index >= 15 is 0 Å². The van der Waals surface area contributed by atoms with Crippen LogP contribution >= 0.6 is 0 Å².